The Morgan fingerprint density at radius 2 is 2.10 bits per heavy atom. The van der Waals surface area contributed by atoms with Crippen molar-refractivity contribution in [1.82, 2.24) is 24.5 Å². The molecule has 0 spiro atoms. The van der Waals surface area contributed by atoms with Gasteiger partial charge in [0.1, 0.15) is 23.6 Å². The molecular formula is C22H20N6O. The van der Waals surface area contributed by atoms with Crippen LogP contribution in [0.5, 0.6) is 5.75 Å². The largest absolute Gasteiger partial charge is 0.484 e. The van der Waals surface area contributed by atoms with Crippen molar-refractivity contribution in [3.63, 3.8) is 0 Å². The molecule has 4 aromatic rings. The third-order valence-electron chi connectivity index (χ3n) is 5.42. The Hall–Kier alpha value is -3.66. The third kappa shape index (κ3) is 3.03. The molecule has 3 aromatic heterocycles. The SMILES string of the molecule is Cc1nc2c(cc1C#N)CCC[C@@H]2Oc1ccc2cnn(-c3cnn(C)c3)c2c1. The summed E-state index contributed by atoms with van der Waals surface area (Å²) in [6.45, 7) is 1.88. The zero-order valence-electron chi connectivity index (χ0n) is 16.3. The first-order valence-corrected chi connectivity index (χ1v) is 9.66. The minimum absolute atomic E-state index is 0.114. The second kappa shape index (κ2) is 6.74. The van der Waals surface area contributed by atoms with E-state index in [1.54, 1.807) is 10.9 Å². The first-order chi connectivity index (χ1) is 14.1. The van der Waals surface area contributed by atoms with Crippen LogP contribution in [0.2, 0.25) is 0 Å². The number of hydrogen-bond donors (Lipinski definition) is 0. The normalized spacial score (nSPS) is 15.8. The van der Waals surface area contributed by atoms with Crippen LogP contribution in [0.4, 0.5) is 0 Å². The molecule has 7 nitrogen and oxygen atoms in total. The average Bonchev–Trinajstić information content (AvgIpc) is 3.33. The lowest BCUT2D eigenvalue weighted by atomic mass is 9.92. The van der Waals surface area contributed by atoms with E-state index in [9.17, 15) is 5.26 Å². The molecule has 0 unspecified atom stereocenters. The van der Waals surface area contributed by atoms with Gasteiger partial charge in [0.15, 0.2) is 0 Å². The first kappa shape index (κ1) is 17.4. The maximum atomic E-state index is 9.29. The predicted molar refractivity (Wildman–Crippen MR) is 108 cm³/mol. The lowest BCUT2D eigenvalue weighted by Crippen LogP contribution is -2.18. The van der Waals surface area contributed by atoms with E-state index in [1.165, 1.54) is 0 Å². The van der Waals surface area contributed by atoms with Crippen LogP contribution in [0, 0.1) is 18.3 Å². The third-order valence-corrected chi connectivity index (χ3v) is 5.42. The van der Waals surface area contributed by atoms with Crippen LogP contribution < -0.4 is 4.74 Å². The Morgan fingerprint density at radius 3 is 2.90 bits per heavy atom. The summed E-state index contributed by atoms with van der Waals surface area (Å²) in [4.78, 5) is 4.71. The van der Waals surface area contributed by atoms with Gasteiger partial charge in [-0.25, -0.2) is 4.68 Å². The summed E-state index contributed by atoms with van der Waals surface area (Å²) in [5.74, 6) is 0.782. The summed E-state index contributed by atoms with van der Waals surface area (Å²) in [7, 11) is 1.89. The van der Waals surface area contributed by atoms with E-state index >= 15 is 0 Å². The van der Waals surface area contributed by atoms with E-state index in [-0.39, 0.29) is 6.10 Å². The number of ether oxygens (including phenoxy) is 1. The number of hydrogen-bond acceptors (Lipinski definition) is 5. The molecule has 0 bridgehead atoms. The Morgan fingerprint density at radius 1 is 1.21 bits per heavy atom. The Labute approximate surface area is 168 Å². The number of fused-ring (bicyclic) bond motifs is 2. The molecule has 7 heteroatoms. The van der Waals surface area contributed by atoms with Gasteiger partial charge in [-0.15, -0.1) is 0 Å². The summed E-state index contributed by atoms with van der Waals surface area (Å²) in [5.41, 5.74) is 5.34. The zero-order valence-corrected chi connectivity index (χ0v) is 16.3. The zero-order chi connectivity index (χ0) is 20.0. The van der Waals surface area contributed by atoms with Crippen LogP contribution >= 0.6 is 0 Å². The minimum atomic E-state index is -0.114. The summed E-state index contributed by atoms with van der Waals surface area (Å²) in [5, 5.41) is 19.1. The Balaban J connectivity index is 1.50. The van der Waals surface area contributed by atoms with Crippen molar-refractivity contribution in [3.8, 4) is 17.5 Å². The van der Waals surface area contributed by atoms with Crippen LogP contribution in [0.25, 0.3) is 16.6 Å². The molecule has 1 aromatic carbocycles. The first-order valence-electron chi connectivity index (χ1n) is 9.66. The molecule has 144 valence electrons. The molecule has 5 rings (SSSR count). The van der Waals surface area contributed by atoms with Gasteiger partial charge in [-0.05, 0) is 49.9 Å². The van der Waals surface area contributed by atoms with Crippen LogP contribution in [0.3, 0.4) is 0 Å². The molecule has 1 aliphatic rings. The van der Waals surface area contributed by atoms with E-state index in [2.05, 4.69) is 16.3 Å². The summed E-state index contributed by atoms with van der Waals surface area (Å²) < 4.78 is 10.00. The number of nitrogens with zero attached hydrogens (tertiary/aromatic N) is 6. The van der Waals surface area contributed by atoms with Gasteiger partial charge in [0.25, 0.3) is 0 Å². The maximum Gasteiger partial charge on any atom is 0.141 e. The van der Waals surface area contributed by atoms with Gasteiger partial charge in [-0.2, -0.15) is 15.5 Å². The summed E-state index contributed by atoms with van der Waals surface area (Å²) in [6.07, 6.45) is 8.31. The quantitative estimate of drug-likeness (QED) is 0.537. The molecule has 29 heavy (non-hydrogen) atoms. The average molecular weight is 384 g/mol. The Kier molecular flexibility index (Phi) is 4.06. The topological polar surface area (TPSA) is 81.6 Å². The standard InChI is InChI=1S/C22H20N6O/c1-14-17(10-23)8-15-4-3-5-21(22(15)26-14)29-19-7-6-16-11-25-28(20(16)9-19)18-12-24-27(2)13-18/h6-9,11-13,21H,3-5H2,1-2H3/t21-/m0/s1. The second-order valence-corrected chi connectivity index (χ2v) is 7.43. The van der Waals surface area contributed by atoms with Crippen molar-refractivity contribution in [2.24, 2.45) is 7.05 Å². The molecule has 0 fully saturated rings. The lowest BCUT2D eigenvalue weighted by Gasteiger charge is -2.26. The summed E-state index contributed by atoms with van der Waals surface area (Å²) >= 11 is 0. The fraction of sp³-hybridized carbons (Fsp3) is 0.273. The monoisotopic (exact) mass is 384 g/mol. The number of pyridine rings is 1. The van der Waals surface area contributed by atoms with Gasteiger partial charge in [-0.3, -0.25) is 9.67 Å². The van der Waals surface area contributed by atoms with Crippen molar-refractivity contribution in [1.29, 1.82) is 5.26 Å². The van der Waals surface area contributed by atoms with Gasteiger partial charge >= 0.3 is 0 Å². The van der Waals surface area contributed by atoms with E-state index in [4.69, 9.17) is 9.72 Å². The van der Waals surface area contributed by atoms with Gasteiger partial charge < -0.3 is 4.74 Å². The number of benzene rings is 1. The molecular weight excluding hydrogens is 364 g/mol. The lowest BCUT2D eigenvalue weighted by molar-refractivity contribution is 0.178. The van der Waals surface area contributed by atoms with Gasteiger partial charge in [0, 0.05) is 18.5 Å². The fourth-order valence-corrected chi connectivity index (χ4v) is 3.95. The Bertz CT molecular complexity index is 1260. The summed E-state index contributed by atoms with van der Waals surface area (Å²) in [6, 6.07) is 10.2. The van der Waals surface area contributed by atoms with Gasteiger partial charge in [-0.1, -0.05) is 0 Å². The van der Waals surface area contributed by atoms with Crippen LogP contribution in [0.15, 0.2) is 42.9 Å². The van der Waals surface area contributed by atoms with Crippen molar-refractivity contribution >= 4 is 10.9 Å². The molecule has 3 heterocycles. The highest BCUT2D eigenvalue weighted by Gasteiger charge is 2.25. The van der Waals surface area contributed by atoms with Crippen molar-refractivity contribution < 1.29 is 4.74 Å². The number of nitriles is 1. The van der Waals surface area contributed by atoms with Crippen molar-refractivity contribution in [2.75, 3.05) is 0 Å². The number of rotatable bonds is 3. The number of aryl methyl sites for hydroxylation is 3. The molecule has 0 aliphatic heterocycles. The molecule has 1 aliphatic carbocycles. The molecule has 0 N–H and O–H groups in total. The molecule has 0 radical (unpaired) electrons. The van der Waals surface area contributed by atoms with Gasteiger partial charge in [0.05, 0.1) is 41.1 Å². The van der Waals surface area contributed by atoms with Crippen LogP contribution in [-0.4, -0.2) is 24.5 Å². The maximum absolute atomic E-state index is 9.29. The highest BCUT2D eigenvalue weighted by Crippen LogP contribution is 2.34. The minimum Gasteiger partial charge on any atom is -0.484 e. The molecule has 1 atom stereocenters. The molecule has 0 saturated heterocycles. The van der Waals surface area contributed by atoms with Crippen molar-refractivity contribution in [2.45, 2.75) is 32.3 Å². The number of aromatic nitrogens is 5. The van der Waals surface area contributed by atoms with E-state index in [0.717, 1.165) is 58.6 Å². The predicted octanol–water partition coefficient (Wildman–Crippen LogP) is 3.79. The van der Waals surface area contributed by atoms with Gasteiger partial charge in [0.2, 0.25) is 0 Å². The van der Waals surface area contributed by atoms with E-state index in [0.29, 0.717) is 5.56 Å². The van der Waals surface area contributed by atoms with Crippen LogP contribution in [-0.2, 0) is 13.5 Å². The smallest absolute Gasteiger partial charge is 0.141 e. The molecule has 0 saturated carbocycles. The van der Waals surface area contributed by atoms with Crippen LogP contribution in [0.1, 0.15) is 41.5 Å². The van der Waals surface area contributed by atoms with Crippen molar-refractivity contribution in [3.05, 3.63) is 65.4 Å². The molecule has 0 amide bonds. The second-order valence-electron chi connectivity index (χ2n) is 7.43. The van der Waals surface area contributed by atoms with E-state index in [1.807, 2.05) is 55.3 Å². The van der Waals surface area contributed by atoms with E-state index < -0.39 is 0 Å². The highest BCUT2D eigenvalue weighted by atomic mass is 16.5. The highest BCUT2D eigenvalue weighted by molar-refractivity contribution is 5.81. The fourth-order valence-electron chi connectivity index (χ4n) is 3.95.